The maximum atomic E-state index is 2.54. The minimum absolute atomic E-state index is 0.360. The fraction of sp³-hybridized carbons (Fsp3) is 0.600. The van der Waals surface area contributed by atoms with Gasteiger partial charge in [-0.2, -0.15) is 0 Å². The third kappa shape index (κ3) is 4.80. The van der Waals surface area contributed by atoms with E-state index in [0.29, 0.717) is 11.5 Å². The summed E-state index contributed by atoms with van der Waals surface area (Å²) in [4.78, 5) is 2.54. The average Bonchev–Trinajstić information content (AvgIpc) is 2.16. The quantitative estimate of drug-likeness (QED) is 0.741. The first-order valence-corrected chi connectivity index (χ1v) is 6.16. The lowest BCUT2D eigenvalue weighted by Crippen LogP contribution is -2.37. The normalized spacial score (nSPS) is 12.4. The molecule has 0 aliphatic carbocycles. The monoisotopic (exact) mass is 219 g/mol. The Morgan fingerprint density at radius 3 is 2.06 bits per heavy atom. The first kappa shape index (κ1) is 13.2. The summed E-state index contributed by atoms with van der Waals surface area (Å²) in [6, 6.07) is 11.3. The fourth-order valence-electron chi connectivity index (χ4n) is 1.85. The molecule has 0 atom stereocenters. The van der Waals surface area contributed by atoms with E-state index in [2.05, 4.69) is 69.9 Å². The van der Waals surface area contributed by atoms with Gasteiger partial charge in [-0.05, 0) is 24.8 Å². The van der Waals surface area contributed by atoms with Gasteiger partial charge < -0.3 is 0 Å². The molecular weight excluding hydrogens is 194 g/mol. The maximum absolute atomic E-state index is 2.54. The first-order chi connectivity index (χ1) is 7.38. The zero-order chi connectivity index (χ0) is 12.2. The van der Waals surface area contributed by atoms with E-state index in [0.717, 1.165) is 13.1 Å². The summed E-state index contributed by atoms with van der Waals surface area (Å²) in [6.07, 6.45) is 0. The molecule has 0 fully saturated rings. The number of rotatable bonds is 4. The van der Waals surface area contributed by atoms with E-state index in [1.165, 1.54) is 5.56 Å². The maximum Gasteiger partial charge on any atom is 0.0236 e. The highest BCUT2D eigenvalue weighted by molar-refractivity contribution is 5.14. The van der Waals surface area contributed by atoms with Crippen LogP contribution in [0.1, 0.15) is 40.2 Å². The molecule has 1 aromatic carbocycles. The van der Waals surface area contributed by atoms with Crippen LogP contribution in [-0.2, 0) is 6.54 Å². The van der Waals surface area contributed by atoms with Gasteiger partial charge in [0.05, 0.1) is 0 Å². The molecule has 0 N–H and O–H groups in total. The van der Waals surface area contributed by atoms with Gasteiger partial charge >= 0.3 is 0 Å². The second kappa shape index (κ2) is 5.49. The molecule has 0 aliphatic rings. The largest absolute Gasteiger partial charge is 0.296 e. The van der Waals surface area contributed by atoms with Crippen molar-refractivity contribution in [3.63, 3.8) is 0 Å². The van der Waals surface area contributed by atoms with E-state index in [1.54, 1.807) is 0 Å². The molecule has 0 radical (unpaired) electrons. The van der Waals surface area contributed by atoms with Crippen molar-refractivity contribution in [1.29, 1.82) is 0 Å². The molecule has 0 saturated carbocycles. The molecule has 0 saturated heterocycles. The molecule has 16 heavy (non-hydrogen) atoms. The predicted molar refractivity (Wildman–Crippen MR) is 71.4 cm³/mol. The molecule has 1 rings (SSSR count). The smallest absolute Gasteiger partial charge is 0.0236 e. The van der Waals surface area contributed by atoms with E-state index in [4.69, 9.17) is 0 Å². The van der Waals surface area contributed by atoms with Crippen LogP contribution < -0.4 is 0 Å². The lowest BCUT2D eigenvalue weighted by atomic mass is 9.95. The standard InChI is InChI=1S/C15H25N/c1-13(2)16(12-15(3,4)5)11-14-9-7-6-8-10-14/h6-10,13H,11-12H2,1-5H3. The van der Waals surface area contributed by atoms with Crippen LogP contribution in [0.25, 0.3) is 0 Å². The molecule has 90 valence electrons. The highest BCUT2D eigenvalue weighted by Crippen LogP contribution is 2.19. The second-order valence-corrected chi connectivity index (χ2v) is 6.04. The van der Waals surface area contributed by atoms with Crippen molar-refractivity contribution in [1.82, 2.24) is 4.90 Å². The Morgan fingerprint density at radius 2 is 1.62 bits per heavy atom. The Hall–Kier alpha value is -0.820. The van der Waals surface area contributed by atoms with Crippen LogP contribution in [-0.4, -0.2) is 17.5 Å². The topological polar surface area (TPSA) is 3.24 Å². The van der Waals surface area contributed by atoms with Gasteiger partial charge in [-0.15, -0.1) is 0 Å². The van der Waals surface area contributed by atoms with Crippen LogP contribution in [0.3, 0.4) is 0 Å². The summed E-state index contributed by atoms with van der Waals surface area (Å²) >= 11 is 0. The molecule has 1 aromatic rings. The highest BCUT2D eigenvalue weighted by Gasteiger charge is 2.18. The zero-order valence-electron chi connectivity index (χ0n) is 11.3. The number of benzene rings is 1. The van der Waals surface area contributed by atoms with Gasteiger partial charge in [0.1, 0.15) is 0 Å². The Balaban J connectivity index is 2.66. The lowest BCUT2D eigenvalue weighted by Gasteiger charge is -2.33. The van der Waals surface area contributed by atoms with Gasteiger partial charge in [-0.3, -0.25) is 4.90 Å². The summed E-state index contributed by atoms with van der Waals surface area (Å²) < 4.78 is 0. The van der Waals surface area contributed by atoms with Crippen molar-refractivity contribution in [3.05, 3.63) is 35.9 Å². The van der Waals surface area contributed by atoms with E-state index in [1.807, 2.05) is 0 Å². The Kier molecular flexibility index (Phi) is 4.55. The summed E-state index contributed by atoms with van der Waals surface area (Å²) in [5, 5.41) is 0. The van der Waals surface area contributed by atoms with E-state index in [-0.39, 0.29) is 0 Å². The molecule has 0 unspecified atom stereocenters. The second-order valence-electron chi connectivity index (χ2n) is 6.04. The third-order valence-corrected chi connectivity index (χ3v) is 2.64. The lowest BCUT2D eigenvalue weighted by molar-refractivity contribution is 0.147. The summed E-state index contributed by atoms with van der Waals surface area (Å²) in [5.74, 6) is 0. The number of nitrogens with zero attached hydrogens (tertiary/aromatic N) is 1. The Bertz CT molecular complexity index is 295. The van der Waals surface area contributed by atoms with Crippen LogP contribution in [0.15, 0.2) is 30.3 Å². The van der Waals surface area contributed by atoms with Crippen LogP contribution >= 0.6 is 0 Å². The predicted octanol–water partition coefficient (Wildman–Crippen LogP) is 3.94. The molecule has 1 nitrogen and oxygen atoms in total. The molecule has 0 heterocycles. The Morgan fingerprint density at radius 1 is 1.06 bits per heavy atom. The zero-order valence-corrected chi connectivity index (χ0v) is 11.3. The minimum atomic E-state index is 0.360. The summed E-state index contributed by atoms with van der Waals surface area (Å²) in [6.45, 7) is 13.6. The summed E-state index contributed by atoms with van der Waals surface area (Å²) in [5.41, 5.74) is 1.76. The van der Waals surface area contributed by atoms with Crippen molar-refractivity contribution in [2.24, 2.45) is 5.41 Å². The van der Waals surface area contributed by atoms with Gasteiger partial charge in [0.15, 0.2) is 0 Å². The van der Waals surface area contributed by atoms with Gasteiger partial charge in [-0.25, -0.2) is 0 Å². The van der Waals surface area contributed by atoms with Crippen LogP contribution in [0.2, 0.25) is 0 Å². The molecule has 0 aromatic heterocycles. The number of hydrogen-bond donors (Lipinski definition) is 0. The molecule has 0 spiro atoms. The van der Waals surface area contributed by atoms with Crippen LogP contribution in [0.5, 0.6) is 0 Å². The minimum Gasteiger partial charge on any atom is -0.296 e. The van der Waals surface area contributed by atoms with Gasteiger partial charge in [0.25, 0.3) is 0 Å². The fourth-order valence-corrected chi connectivity index (χ4v) is 1.85. The van der Waals surface area contributed by atoms with Crippen molar-refractivity contribution in [3.8, 4) is 0 Å². The molecule has 0 bridgehead atoms. The SMILES string of the molecule is CC(C)N(Cc1ccccc1)CC(C)(C)C. The van der Waals surface area contributed by atoms with Crippen LogP contribution in [0, 0.1) is 5.41 Å². The van der Waals surface area contributed by atoms with Crippen molar-refractivity contribution < 1.29 is 0 Å². The molecule has 1 heteroatoms. The van der Waals surface area contributed by atoms with Gasteiger partial charge in [-0.1, -0.05) is 51.1 Å². The highest BCUT2D eigenvalue weighted by atomic mass is 15.1. The molecule has 0 amide bonds. The van der Waals surface area contributed by atoms with Crippen molar-refractivity contribution in [2.75, 3.05) is 6.54 Å². The summed E-state index contributed by atoms with van der Waals surface area (Å²) in [7, 11) is 0. The Labute approximate surface area is 100 Å². The molecular formula is C15H25N. The van der Waals surface area contributed by atoms with E-state index in [9.17, 15) is 0 Å². The van der Waals surface area contributed by atoms with Gasteiger partial charge in [0.2, 0.25) is 0 Å². The van der Waals surface area contributed by atoms with Crippen molar-refractivity contribution >= 4 is 0 Å². The van der Waals surface area contributed by atoms with Gasteiger partial charge in [0, 0.05) is 19.1 Å². The van der Waals surface area contributed by atoms with Crippen LogP contribution in [0.4, 0.5) is 0 Å². The average molecular weight is 219 g/mol. The van der Waals surface area contributed by atoms with E-state index < -0.39 is 0 Å². The first-order valence-electron chi connectivity index (χ1n) is 6.16. The third-order valence-electron chi connectivity index (χ3n) is 2.64. The van der Waals surface area contributed by atoms with E-state index >= 15 is 0 Å². The molecule has 0 aliphatic heterocycles. The van der Waals surface area contributed by atoms with Crippen molar-refractivity contribution in [2.45, 2.75) is 47.2 Å². The number of hydrogen-bond acceptors (Lipinski definition) is 1.